The Bertz CT molecular complexity index is 502. The average molecular weight is 321 g/mol. The van der Waals surface area contributed by atoms with Crippen LogP contribution in [0.3, 0.4) is 0 Å². The molecule has 1 unspecified atom stereocenters. The van der Waals surface area contributed by atoms with Gasteiger partial charge >= 0.3 is 11.5 Å². The van der Waals surface area contributed by atoms with Crippen LogP contribution >= 0.6 is 11.8 Å². The summed E-state index contributed by atoms with van der Waals surface area (Å²) in [6.07, 6.45) is 0.240. The van der Waals surface area contributed by atoms with E-state index in [2.05, 4.69) is 5.32 Å². The van der Waals surface area contributed by atoms with Crippen LogP contribution in [-0.4, -0.2) is 28.5 Å². The van der Waals surface area contributed by atoms with Crippen LogP contribution in [0.15, 0.2) is 29.2 Å². The lowest BCUT2D eigenvalue weighted by Gasteiger charge is -2.15. The monoisotopic (exact) mass is 321 g/mol. The van der Waals surface area contributed by atoms with Gasteiger partial charge in [0.1, 0.15) is 0 Å². The van der Waals surface area contributed by atoms with E-state index >= 15 is 0 Å². The topological polar surface area (TPSA) is 66.4 Å². The van der Waals surface area contributed by atoms with Crippen molar-refractivity contribution in [3.8, 4) is 0 Å². The number of amides is 1. The lowest BCUT2D eigenvalue weighted by atomic mass is 10.1. The van der Waals surface area contributed by atoms with Gasteiger partial charge in [-0.1, -0.05) is 6.92 Å². The number of hydrogen-bond donors (Lipinski definition) is 2. The van der Waals surface area contributed by atoms with Gasteiger partial charge in [-0.25, -0.2) is 0 Å². The normalized spacial score (nSPS) is 12.8. The van der Waals surface area contributed by atoms with E-state index in [-0.39, 0.29) is 28.6 Å². The molecule has 0 radical (unpaired) electrons. The maximum atomic E-state index is 12.2. The quantitative estimate of drug-likeness (QED) is 0.789. The van der Waals surface area contributed by atoms with Crippen LogP contribution in [0.4, 0.5) is 13.2 Å². The third kappa shape index (κ3) is 6.52. The SMILES string of the molecule is CCC(CC(=O)O)NC(=O)c1ccc(SC(F)(F)F)cc1. The highest BCUT2D eigenvalue weighted by atomic mass is 32.2. The summed E-state index contributed by atoms with van der Waals surface area (Å²) in [5.74, 6) is -1.54. The molecule has 8 heteroatoms. The van der Waals surface area contributed by atoms with Gasteiger partial charge < -0.3 is 10.4 Å². The number of nitrogens with one attached hydrogen (secondary N) is 1. The second-order valence-electron chi connectivity index (χ2n) is 4.25. The second kappa shape index (κ2) is 7.35. The van der Waals surface area contributed by atoms with Gasteiger partial charge in [-0.15, -0.1) is 0 Å². The third-order valence-electron chi connectivity index (χ3n) is 2.60. The number of rotatable bonds is 6. The minimum absolute atomic E-state index is 0.0170. The lowest BCUT2D eigenvalue weighted by molar-refractivity contribution is -0.137. The molecule has 0 saturated heterocycles. The Morgan fingerprint density at radius 2 is 1.86 bits per heavy atom. The third-order valence-corrected chi connectivity index (χ3v) is 3.34. The van der Waals surface area contributed by atoms with Crippen molar-refractivity contribution >= 4 is 23.6 Å². The van der Waals surface area contributed by atoms with Crippen LogP contribution in [0, 0.1) is 0 Å². The molecule has 0 aliphatic heterocycles. The second-order valence-corrected chi connectivity index (χ2v) is 5.39. The summed E-state index contributed by atoms with van der Waals surface area (Å²) in [7, 11) is 0. The lowest BCUT2D eigenvalue weighted by Crippen LogP contribution is -2.35. The number of halogens is 3. The molecule has 1 aromatic rings. The van der Waals surface area contributed by atoms with Gasteiger partial charge in [-0.05, 0) is 42.4 Å². The summed E-state index contributed by atoms with van der Waals surface area (Å²) < 4.78 is 36.5. The smallest absolute Gasteiger partial charge is 0.446 e. The molecule has 0 saturated carbocycles. The fourth-order valence-corrected chi connectivity index (χ4v) is 2.12. The maximum absolute atomic E-state index is 12.2. The molecule has 0 heterocycles. The largest absolute Gasteiger partial charge is 0.481 e. The predicted octanol–water partition coefficient (Wildman–Crippen LogP) is 3.28. The van der Waals surface area contributed by atoms with Crippen LogP contribution in [0.2, 0.25) is 0 Å². The van der Waals surface area contributed by atoms with Gasteiger partial charge in [0.15, 0.2) is 0 Å². The number of carboxylic acid groups (broad SMARTS) is 1. The average Bonchev–Trinajstić information content (AvgIpc) is 2.36. The molecule has 21 heavy (non-hydrogen) atoms. The van der Waals surface area contributed by atoms with Crippen molar-refractivity contribution in [2.45, 2.75) is 36.2 Å². The Morgan fingerprint density at radius 3 is 2.29 bits per heavy atom. The molecule has 116 valence electrons. The fraction of sp³-hybridized carbons (Fsp3) is 0.385. The van der Waals surface area contributed by atoms with E-state index in [0.29, 0.717) is 6.42 Å². The van der Waals surface area contributed by atoms with Crippen molar-refractivity contribution in [1.82, 2.24) is 5.32 Å². The Hall–Kier alpha value is -1.70. The first kappa shape index (κ1) is 17.4. The number of benzene rings is 1. The molecule has 1 aromatic carbocycles. The van der Waals surface area contributed by atoms with Crippen molar-refractivity contribution in [3.05, 3.63) is 29.8 Å². The van der Waals surface area contributed by atoms with Gasteiger partial charge in [0.25, 0.3) is 5.91 Å². The zero-order valence-corrected chi connectivity index (χ0v) is 11.9. The number of carboxylic acids is 1. The molecule has 0 spiro atoms. The minimum atomic E-state index is -4.38. The molecule has 1 rings (SSSR count). The number of alkyl halides is 3. The van der Waals surface area contributed by atoms with Crippen LogP contribution in [0.25, 0.3) is 0 Å². The van der Waals surface area contributed by atoms with Crippen LogP contribution < -0.4 is 5.32 Å². The van der Waals surface area contributed by atoms with E-state index < -0.39 is 23.4 Å². The Labute approximate surface area is 123 Å². The van der Waals surface area contributed by atoms with E-state index in [0.717, 1.165) is 0 Å². The molecule has 1 amide bonds. The highest BCUT2D eigenvalue weighted by Gasteiger charge is 2.29. The Morgan fingerprint density at radius 1 is 1.29 bits per heavy atom. The summed E-state index contributed by atoms with van der Waals surface area (Å²) in [6, 6.07) is 4.43. The molecule has 2 N–H and O–H groups in total. The minimum Gasteiger partial charge on any atom is -0.481 e. The number of carbonyl (C=O) groups excluding carboxylic acids is 1. The Kier molecular flexibility index (Phi) is 6.07. The summed E-state index contributed by atoms with van der Waals surface area (Å²) in [5.41, 5.74) is -4.19. The standard InChI is InChI=1S/C13H14F3NO3S/c1-2-9(7-11(18)19)17-12(20)8-3-5-10(6-4-8)21-13(14,15)16/h3-6,9H,2,7H2,1H3,(H,17,20)(H,18,19). The molecular formula is C13H14F3NO3S. The number of aliphatic carboxylic acids is 1. The summed E-state index contributed by atoms with van der Waals surface area (Å²) in [5, 5.41) is 11.2. The fourth-order valence-electron chi connectivity index (χ4n) is 1.58. The van der Waals surface area contributed by atoms with Crippen LogP contribution in [-0.2, 0) is 4.79 Å². The van der Waals surface area contributed by atoms with Gasteiger partial charge in [0.05, 0.1) is 6.42 Å². The summed E-state index contributed by atoms with van der Waals surface area (Å²) in [4.78, 5) is 22.4. The van der Waals surface area contributed by atoms with Crippen LogP contribution in [0.1, 0.15) is 30.1 Å². The molecule has 0 aromatic heterocycles. The van der Waals surface area contributed by atoms with Crippen molar-refractivity contribution in [3.63, 3.8) is 0 Å². The van der Waals surface area contributed by atoms with E-state index in [4.69, 9.17) is 5.11 Å². The molecule has 1 atom stereocenters. The number of thioether (sulfide) groups is 1. The van der Waals surface area contributed by atoms with E-state index in [1.165, 1.54) is 24.3 Å². The zero-order valence-electron chi connectivity index (χ0n) is 11.1. The molecule has 4 nitrogen and oxygen atoms in total. The van der Waals surface area contributed by atoms with Gasteiger partial charge in [0, 0.05) is 16.5 Å². The van der Waals surface area contributed by atoms with Crippen LogP contribution in [0.5, 0.6) is 0 Å². The molecule has 0 bridgehead atoms. The van der Waals surface area contributed by atoms with Gasteiger partial charge in [-0.3, -0.25) is 9.59 Å². The van der Waals surface area contributed by atoms with Crippen molar-refractivity contribution in [2.75, 3.05) is 0 Å². The molecular weight excluding hydrogens is 307 g/mol. The number of carbonyl (C=O) groups is 2. The summed E-state index contributed by atoms with van der Waals surface area (Å²) >= 11 is -0.261. The predicted molar refractivity (Wildman–Crippen MR) is 72.2 cm³/mol. The maximum Gasteiger partial charge on any atom is 0.446 e. The first-order valence-corrected chi connectivity index (χ1v) is 6.91. The van der Waals surface area contributed by atoms with Crippen molar-refractivity contribution in [2.24, 2.45) is 0 Å². The van der Waals surface area contributed by atoms with Crippen molar-refractivity contribution < 1.29 is 27.9 Å². The van der Waals surface area contributed by atoms with Gasteiger partial charge in [0.2, 0.25) is 0 Å². The zero-order chi connectivity index (χ0) is 16.0. The van der Waals surface area contributed by atoms with E-state index in [1.54, 1.807) is 6.92 Å². The summed E-state index contributed by atoms with van der Waals surface area (Å²) in [6.45, 7) is 1.73. The van der Waals surface area contributed by atoms with E-state index in [1.807, 2.05) is 0 Å². The molecule has 0 aliphatic carbocycles. The molecule has 0 fully saturated rings. The molecule has 0 aliphatic rings. The highest BCUT2D eigenvalue weighted by molar-refractivity contribution is 8.00. The first-order chi connectivity index (χ1) is 9.71. The highest BCUT2D eigenvalue weighted by Crippen LogP contribution is 2.36. The van der Waals surface area contributed by atoms with Gasteiger partial charge in [-0.2, -0.15) is 13.2 Å². The number of hydrogen-bond acceptors (Lipinski definition) is 3. The van der Waals surface area contributed by atoms with Crippen molar-refractivity contribution in [1.29, 1.82) is 0 Å². The first-order valence-electron chi connectivity index (χ1n) is 6.09. The Balaban J connectivity index is 2.68. The van der Waals surface area contributed by atoms with E-state index in [9.17, 15) is 22.8 Å².